The van der Waals surface area contributed by atoms with Crippen LogP contribution >= 0.6 is 7.92 Å². The molecule has 4 aromatic rings. The molecule has 1 heterocycles. The molecule has 0 bridgehead atoms. The molecule has 0 spiro atoms. The minimum absolute atomic E-state index is 0.212. The Morgan fingerprint density at radius 1 is 0.857 bits per heavy atom. The topological polar surface area (TPSA) is 119 Å². The summed E-state index contributed by atoms with van der Waals surface area (Å²) in [4.78, 5) is 28.9. The van der Waals surface area contributed by atoms with Crippen molar-refractivity contribution in [2.24, 2.45) is 5.11 Å². The van der Waals surface area contributed by atoms with Crippen LogP contribution in [0.5, 0.6) is 0 Å². The highest BCUT2D eigenvalue weighted by atomic mass is 31.1. The fourth-order valence-electron chi connectivity index (χ4n) is 4.50. The molecule has 0 saturated heterocycles. The summed E-state index contributed by atoms with van der Waals surface area (Å²) in [7, 11) is 0.890. The van der Waals surface area contributed by atoms with Gasteiger partial charge >= 0.3 is 0 Å². The fraction of sp³-hybridized carbons (Fsp3) is 0.182. The molecule has 1 atom stereocenters. The van der Waals surface area contributed by atoms with Crippen LogP contribution in [0.2, 0.25) is 0 Å². The van der Waals surface area contributed by atoms with E-state index < -0.39 is 19.9 Å². The number of unbranched alkanes of at least 4 members (excludes halogenated alkanes) is 1. The molecule has 0 aliphatic carbocycles. The van der Waals surface area contributed by atoms with Gasteiger partial charge in [-0.3, -0.25) is 9.59 Å². The van der Waals surface area contributed by atoms with E-state index in [-0.39, 0.29) is 11.7 Å². The van der Waals surface area contributed by atoms with Crippen LogP contribution in [0.1, 0.15) is 35.2 Å². The van der Waals surface area contributed by atoms with E-state index in [9.17, 15) is 9.59 Å². The zero-order valence-electron chi connectivity index (χ0n) is 23.6. The third-order valence-corrected chi connectivity index (χ3v) is 9.20. The Labute approximate surface area is 247 Å². The zero-order chi connectivity index (χ0) is 29.7. The molecule has 3 aromatic carbocycles. The van der Waals surface area contributed by atoms with Gasteiger partial charge in [-0.25, -0.2) is 10.5 Å². The van der Waals surface area contributed by atoms with Gasteiger partial charge in [-0.05, 0) is 60.8 Å². The molecule has 0 aliphatic rings. The highest BCUT2D eigenvalue weighted by molar-refractivity contribution is 7.79. The molecule has 0 saturated carbocycles. The smallest absolute Gasteiger partial charge is 0.253 e. The molecule has 1 aromatic heterocycles. The predicted molar refractivity (Wildman–Crippen MR) is 170 cm³/mol. The molecule has 4 N–H and O–H groups in total. The van der Waals surface area contributed by atoms with E-state index in [2.05, 4.69) is 105 Å². The summed E-state index contributed by atoms with van der Waals surface area (Å²) in [6, 6.07) is 32.2. The van der Waals surface area contributed by atoms with E-state index in [4.69, 9.17) is 5.53 Å². The van der Waals surface area contributed by atoms with Crippen LogP contribution in [0.3, 0.4) is 0 Å². The second kappa shape index (κ2) is 15.4. The first-order valence-electron chi connectivity index (χ1n) is 13.8. The van der Waals surface area contributed by atoms with Crippen molar-refractivity contribution in [3.05, 3.63) is 121 Å². The minimum atomic E-state index is -0.664. The van der Waals surface area contributed by atoms with Crippen LogP contribution in [0, 0.1) is 5.53 Å². The molecule has 0 aliphatic heterocycles. The van der Waals surface area contributed by atoms with E-state index in [1.807, 2.05) is 12.1 Å². The van der Waals surface area contributed by atoms with Gasteiger partial charge < -0.3 is 16.0 Å². The van der Waals surface area contributed by atoms with Gasteiger partial charge in [0.05, 0.1) is 5.56 Å². The van der Waals surface area contributed by atoms with E-state index in [0.29, 0.717) is 18.5 Å². The van der Waals surface area contributed by atoms with Crippen molar-refractivity contribution >= 4 is 47.2 Å². The molecular formula is C33H35N6O2P. The van der Waals surface area contributed by atoms with Crippen LogP contribution < -0.4 is 31.9 Å². The van der Waals surface area contributed by atoms with Crippen LogP contribution in [0.25, 0.3) is 5.70 Å². The van der Waals surface area contributed by atoms with Gasteiger partial charge in [-0.1, -0.05) is 91.5 Å². The molecule has 4 rings (SSSR count). The number of benzene rings is 3. The van der Waals surface area contributed by atoms with E-state index in [0.717, 1.165) is 24.1 Å². The summed E-state index contributed by atoms with van der Waals surface area (Å²) in [6.07, 6.45) is 3.36. The van der Waals surface area contributed by atoms with E-state index in [1.54, 1.807) is 7.05 Å². The van der Waals surface area contributed by atoms with Crippen LogP contribution in [-0.4, -0.2) is 36.4 Å². The number of amides is 2. The van der Waals surface area contributed by atoms with Gasteiger partial charge in [0, 0.05) is 25.5 Å². The summed E-state index contributed by atoms with van der Waals surface area (Å²) in [5, 5.41) is 15.9. The second-order valence-electron chi connectivity index (χ2n) is 9.61. The third kappa shape index (κ3) is 8.18. The maximum Gasteiger partial charge on any atom is 0.253 e. The van der Waals surface area contributed by atoms with Gasteiger partial charge in [-0.15, -0.1) is 5.11 Å². The Balaban J connectivity index is 1.29. The average Bonchev–Trinajstić information content (AvgIpc) is 3.05. The first kappa shape index (κ1) is 30.3. The molecule has 42 heavy (non-hydrogen) atoms. The van der Waals surface area contributed by atoms with Gasteiger partial charge in [0.1, 0.15) is 6.04 Å². The quantitative estimate of drug-likeness (QED) is 0.0979. The van der Waals surface area contributed by atoms with Crippen molar-refractivity contribution in [3.63, 3.8) is 0 Å². The SMILES string of the molecule is C=C(NCCCCC(NC(=O)c1ccc(N=N)nc1)C(=O)NC)c1ccc(P(c2ccccc2)c2ccccc2)cc1. The first-order chi connectivity index (χ1) is 20.5. The van der Waals surface area contributed by atoms with Crippen molar-refractivity contribution < 1.29 is 9.59 Å². The molecule has 8 nitrogen and oxygen atoms in total. The highest BCUT2D eigenvalue weighted by Crippen LogP contribution is 2.32. The van der Waals surface area contributed by atoms with Gasteiger partial charge in [0.25, 0.3) is 5.91 Å². The molecule has 0 fully saturated rings. The molecule has 214 valence electrons. The van der Waals surface area contributed by atoms with Crippen LogP contribution in [0.15, 0.2) is 115 Å². The van der Waals surface area contributed by atoms with Crippen molar-refractivity contribution in [2.75, 3.05) is 13.6 Å². The molecule has 1 unspecified atom stereocenters. The summed E-state index contributed by atoms with van der Waals surface area (Å²) in [6.45, 7) is 4.92. The number of carbonyl (C=O) groups is 2. The molecular weight excluding hydrogens is 543 g/mol. The van der Waals surface area contributed by atoms with Gasteiger partial charge in [-0.2, -0.15) is 0 Å². The monoisotopic (exact) mass is 578 g/mol. The number of carbonyl (C=O) groups excluding carboxylic acids is 2. The molecule has 9 heteroatoms. The minimum Gasteiger partial charge on any atom is -0.385 e. The lowest BCUT2D eigenvalue weighted by atomic mass is 10.1. The molecule has 2 amide bonds. The number of nitrogens with zero attached hydrogens (tertiary/aromatic N) is 2. The van der Waals surface area contributed by atoms with E-state index in [1.165, 1.54) is 34.2 Å². The van der Waals surface area contributed by atoms with Gasteiger partial charge in [0.2, 0.25) is 5.91 Å². The van der Waals surface area contributed by atoms with Crippen LogP contribution in [0.4, 0.5) is 5.82 Å². The third-order valence-electron chi connectivity index (χ3n) is 6.75. The normalized spacial score (nSPS) is 11.4. The van der Waals surface area contributed by atoms with Crippen molar-refractivity contribution in [3.8, 4) is 0 Å². The summed E-state index contributed by atoms with van der Waals surface area (Å²) in [5.74, 6) is -0.438. The Hall–Kier alpha value is -4.68. The Morgan fingerprint density at radius 3 is 2.00 bits per heavy atom. The van der Waals surface area contributed by atoms with E-state index >= 15 is 0 Å². The lowest BCUT2D eigenvalue weighted by Gasteiger charge is -2.20. The van der Waals surface area contributed by atoms with Crippen molar-refractivity contribution in [2.45, 2.75) is 25.3 Å². The van der Waals surface area contributed by atoms with Crippen molar-refractivity contribution in [1.82, 2.24) is 20.9 Å². The van der Waals surface area contributed by atoms with Crippen LogP contribution in [-0.2, 0) is 4.79 Å². The maximum absolute atomic E-state index is 12.6. The Kier molecular flexibility index (Phi) is 11.1. The second-order valence-corrected chi connectivity index (χ2v) is 11.8. The standard InChI is InChI=1S/C33H35N6O2P/c1-24(25-16-19-29(20-17-25)42(27-11-5-3-6-12-27)28-13-7-4-8-14-28)36-22-10-9-15-30(33(41)35-2)38-32(40)26-18-21-31(39-34)37-23-26/h3-8,11-14,16-21,23,30,34,36H,1,9-10,15,22H2,2H3,(H,35,41)(H,38,40). The fourth-order valence-corrected chi connectivity index (χ4v) is 6.78. The lowest BCUT2D eigenvalue weighted by Crippen LogP contribution is -2.45. The number of rotatable bonds is 14. The number of hydrogen-bond donors (Lipinski definition) is 4. The largest absolute Gasteiger partial charge is 0.385 e. The molecule has 0 radical (unpaired) electrons. The number of likely N-dealkylation sites (N-methyl/N-ethyl adjacent to an activating group) is 1. The number of nitrogens with one attached hydrogen (secondary N) is 4. The maximum atomic E-state index is 12.6. The summed E-state index contributed by atoms with van der Waals surface area (Å²) in [5.41, 5.74) is 9.16. The van der Waals surface area contributed by atoms with Crippen molar-refractivity contribution in [1.29, 1.82) is 5.53 Å². The summed E-state index contributed by atoms with van der Waals surface area (Å²) < 4.78 is 0. The first-order valence-corrected chi connectivity index (χ1v) is 15.1. The predicted octanol–water partition coefficient (Wildman–Crippen LogP) is 4.78. The summed E-state index contributed by atoms with van der Waals surface area (Å²) >= 11 is 0. The number of hydrogen-bond acceptors (Lipinski definition) is 6. The number of aromatic nitrogens is 1. The number of pyridine rings is 1. The Morgan fingerprint density at radius 2 is 1.45 bits per heavy atom. The average molecular weight is 579 g/mol. The highest BCUT2D eigenvalue weighted by Gasteiger charge is 2.20. The zero-order valence-corrected chi connectivity index (χ0v) is 24.5. The Bertz CT molecular complexity index is 1440. The lowest BCUT2D eigenvalue weighted by molar-refractivity contribution is -0.122. The van der Waals surface area contributed by atoms with Gasteiger partial charge in [0.15, 0.2) is 5.82 Å².